The monoisotopic (exact) mass is 210 g/mol. The lowest BCUT2D eigenvalue weighted by Gasteiger charge is -2.22. The maximum absolute atomic E-state index is 11.6. The standard InChI is InChI=1S/C9H10N2O2S/c1-2-9(6-3-4-14-5-6)7(12)10-8(13)11-9/h3-5H,2H2,1H3,(H2,10,11,12,13)/t9-/m0/s1. The number of thiophene rings is 1. The van der Waals surface area contributed by atoms with Gasteiger partial charge in [-0.1, -0.05) is 6.92 Å². The van der Waals surface area contributed by atoms with Crippen molar-refractivity contribution in [3.63, 3.8) is 0 Å². The molecule has 0 saturated carbocycles. The van der Waals surface area contributed by atoms with Gasteiger partial charge >= 0.3 is 6.03 Å². The number of urea groups is 1. The minimum Gasteiger partial charge on any atom is -0.319 e. The van der Waals surface area contributed by atoms with E-state index in [1.165, 1.54) is 11.3 Å². The van der Waals surface area contributed by atoms with Gasteiger partial charge in [-0.3, -0.25) is 10.1 Å². The topological polar surface area (TPSA) is 58.2 Å². The average molecular weight is 210 g/mol. The van der Waals surface area contributed by atoms with Crippen molar-refractivity contribution in [2.45, 2.75) is 18.9 Å². The molecule has 1 aliphatic rings. The number of imide groups is 1. The van der Waals surface area contributed by atoms with Crippen LogP contribution in [0.25, 0.3) is 0 Å². The van der Waals surface area contributed by atoms with Gasteiger partial charge in [-0.15, -0.1) is 0 Å². The van der Waals surface area contributed by atoms with E-state index in [1.54, 1.807) is 0 Å². The van der Waals surface area contributed by atoms with E-state index in [2.05, 4.69) is 10.6 Å². The van der Waals surface area contributed by atoms with Crippen LogP contribution in [0.3, 0.4) is 0 Å². The summed E-state index contributed by atoms with van der Waals surface area (Å²) in [5.41, 5.74) is 0.00484. The van der Waals surface area contributed by atoms with Crippen molar-refractivity contribution in [3.8, 4) is 0 Å². The molecule has 14 heavy (non-hydrogen) atoms. The molecule has 1 fully saturated rings. The summed E-state index contributed by atoms with van der Waals surface area (Å²) in [6.45, 7) is 1.88. The van der Waals surface area contributed by atoms with E-state index in [4.69, 9.17) is 0 Å². The summed E-state index contributed by atoms with van der Waals surface area (Å²) < 4.78 is 0. The van der Waals surface area contributed by atoms with Gasteiger partial charge < -0.3 is 5.32 Å². The normalized spacial score (nSPS) is 26.1. The van der Waals surface area contributed by atoms with E-state index >= 15 is 0 Å². The Morgan fingerprint density at radius 2 is 2.29 bits per heavy atom. The second-order valence-corrected chi connectivity index (χ2v) is 3.96. The summed E-state index contributed by atoms with van der Waals surface area (Å²) in [5, 5.41) is 8.72. The summed E-state index contributed by atoms with van der Waals surface area (Å²) in [7, 11) is 0. The van der Waals surface area contributed by atoms with E-state index in [1.807, 2.05) is 23.8 Å². The molecular formula is C9H10N2O2S. The highest BCUT2D eigenvalue weighted by molar-refractivity contribution is 7.08. The average Bonchev–Trinajstić information content (AvgIpc) is 2.73. The van der Waals surface area contributed by atoms with Gasteiger partial charge in [0.25, 0.3) is 5.91 Å². The first-order chi connectivity index (χ1) is 6.69. The van der Waals surface area contributed by atoms with Gasteiger partial charge in [0.2, 0.25) is 0 Å². The highest BCUT2D eigenvalue weighted by Crippen LogP contribution is 2.29. The fraction of sp³-hybridized carbons (Fsp3) is 0.333. The lowest BCUT2D eigenvalue weighted by atomic mass is 9.90. The molecule has 1 saturated heterocycles. The highest BCUT2D eigenvalue weighted by atomic mass is 32.1. The van der Waals surface area contributed by atoms with Crippen LogP contribution >= 0.6 is 11.3 Å². The van der Waals surface area contributed by atoms with E-state index in [0.29, 0.717) is 6.42 Å². The lowest BCUT2D eigenvalue weighted by molar-refractivity contribution is -0.124. The Bertz CT molecular complexity index is 374. The Morgan fingerprint density at radius 1 is 1.50 bits per heavy atom. The summed E-state index contributed by atoms with van der Waals surface area (Å²) in [4.78, 5) is 22.7. The largest absolute Gasteiger partial charge is 0.322 e. The number of hydrogen-bond acceptors (Lipinski definition) is 3. The lowest BCUT2D eigenvalue weighted by Crippen LogP contribution is -2.42. The van der Waals surface area contributed by atoms with Crippen LogP contribution in [0, 0.1) is 0 Å². The van der Waals surface area contributed by atoms with Crippen LogP contribution < -0.4 is 10.6 Å². The van der Waals surface area contributed by atoms with Crippen LogP contribution in [0.15, 0.2) is 16.8 Å². The highest BCUT2D eigenvalue weighted by Gasteiger charge is 2.46. The van der Waals surface area contributed by atoms with Crippen molar-refractivity contribution in [2.24, 2.45) is 0 Å². The molecule has 2 heterocycles. The molecule has 0 bridgehead atoms. The summed E-state index contributed by atoms with van der Waals surface area (Å²) in [5.74, 6) is -0.261. The first-order valence-electron chi connectivity index (χ1n) is 4.35. The van der Waals surface area contributed by atoms with Crippen LogP contribution in [0.5, 0.6) is 0 Å². The van der Waals surface area contributed by atoms with E-state index in [9.17, 15) is 9.59 Å². The zero-order valence-corrected chi connectivity index (χ0v) is 8.48. The zero-order valence-electron chi connectivity index (χ0n) is 7.66. The first kappa shape index (κ1) is 9.21. The van der Waals surface area contributed by atoms with Gasteiger partial charge in [0, 0.05) is 0 Å². The van der Waals surface area contributed by atoms with Crippen molar-refractivity contribution in [2.75, 3.05) is 0 Å². The molecule has 1 aromatic heterocycles. The maximum atomic E-state index is 11.6. The SMILES string of the molecule is CC[C@@]1(c2ccsc2)NC(=O)NC1=O. The number of hydrogen-bond donors (Lipinski definition) is 2. The Morgan fingerprint density at radius 3 is 2.71 bits per heavy atom. The summed E-state index contributed by atoms with van der Waals surface area (Å²) >= 11 is 1.51. The number of rotatable bonds is 2. The van der Waals surface area contributed by atoms with Gasteiger partial charge in [0.1, 0.15) is 5.54 Å². The first-order valence-corrected chi connectivity index (χ1v) is 5.29. The van der Waals surface area contributed by atoms with Crippen molar-refractivity contribution in [3.05, 3.63) is 22.4 Å². The van der Waals surface area contributed by atoms with Gasteiger partial charge in [0.05, 0.1) is 0 Å². The Kier molecular flexibility index (Phi) is 2.03. The van der Waals surface area contributed by atoms with E-state index in [0.717, 1.165) is 5.56 Å². The fourth-order valence-corrected chi connectivity index (χ4v) is 2.39. The molecule has 2 rings (SSSR count). The van der Waals surface area contributed by atoms with Crippen LogP contribution in [0.4, 0.5) is 4.79 Å². The van der Waals surface area contributed by atoms with Crippen LogP contribution in [0.2, 0.25) is 0 Å². The molecule has 74 valence electrons. The molecule has 1 atom stereocenters. The number of carbonyl (C=O) groups is 2. The smallest absolute Gasteiger partial charge is 0.319 e. The quantitative estimate of drug-likeness (QED) is 0.720. The van der Waals surface area contributed by atoms with Crippen molar-refractivity contribution >= 4 is 23.3 Å². The second-order valence-electron chi connectivity index (χ2n) is 3.18. The van der Waals surface area contributed by atoms with Crippen LogP contribution in [-0.2, 0) is 10.3 Å². The summed E-state index contributed by atoms with van der Waals surface area (Å²) in [6, 6.07) is 1.45. The van der Waals surface area contributed by atoms with Gasteiger partial charge in [-0.05, 0) is 28.8 Å². The maximum Gasteiger partial charge on any atom is 0.322 e. The third kappa shape index (κ3) is 1.13. The molecule has 5 heteroatoms. The van der Waals surface area contributed by atoms with Crippen molar-refractivity contribution < 1.29 is 9.59 Å². The molecule has 4 nitrogen and oxygen atoms in total. The van der Waals surface area contributed by atoms with E-state index in [-0.39, 0.29) is 5.91 Å². The summed E-state index contributed by atoms with van der Waals surface area (Å²) in [6.07, 6.45) is 0.557. The Hall–Kier alpha value is -1.36. The van der Waals surface area contributed by atoms with Gasteiger partial charge in [-0.25, -0.2) is 4.79 Å². The number of carbonyl (C=O) groups excluding carboxylic acids is 2. The van der Waals surface area contributed by atoms with Crippen molar-refractivity contribution in [1.82, 2.24) is 10.6 Å². The minimum atomic E-state index is -0.850. The van der Waals surface area contributed by atoms with E-state index < -0.39 is 11.6 Å². The molecule has 0 radical (unpaired) electrons. The third-order valence-corrected chi connectivity index (χ3v) is 3.17. The minimum absolute atomic E-state index is 0.261. The molecule has 3 amide bonds. The predicted molar refractivity (Wildman–Crippen MR) is 53.0 cm³/mol. The second kappa shape index (κ2) is 3.09. The number of amides is 3. The van der Waals surface area contributed by atoms with Crippen LogP contribution in [0.1, 0.15) is 18.9 Å². The molecule has 2 N–H and O–H groups in total. The van der Waals surface area contributed by atoms with Gasteiger partial charge in [-0.2, -0.15) is 11.3 Å². The Labute approximate surface area is 85.3 Å². The molecule has 1 aromatic rings. The fourth-order valence-electron chi connectivity index (χ4n) is 1.66. The number of nitrogens with one attached hydrogen (secondary N) is 2. The predicted octanol–water partition coefficient (Wildman–Crippen LogP) is 1.19. The Balaban J connectivity index is 2.45. The molecule has 0 aliphatic carbocycles. The molecule has 1 aliphatic heterocycles. The molecular weight excluding hydrogens is 200 g/mol. The van der Waals surface area contributed by atoms with Crippen molar-refractivity contribution in [1.29, 1.82) is 0 Å². The molecule has 0 spiro atoms. The molecule has 0 unspecified atom stereocenters. The zero-order chi connectivity index (χ0) is 10.2. The molecule has 0 aromatic carbocycles. The van der Waals surface area contributed by atoms with Gasteiger partial charge in [0.15, 0.2) is 0 Å². The van der Waals surface area contributed by atoms with Crippen LogP contribution in [-0.4, -0.2) is 11.9 Å². The third-order valence-electron chi connectivity index (χ3n) is 2.49.